The van der Waals surface area contributed by atoms with Crippen LogP contribution in [-0.2, 0) is 6.61 Å². The van der Waals surface area contributed by atoms with Crippen LogP contribution in [-0.4, -0.2) is 11.1 Å². The smallest absolute Gasteiger partial charge is 0.0704 e. The number of hydrogen-bond donors (Lipinski definition) is 2. The van der Waals surface area contributed by atoms with Gasteiger partial charge in [-0.2, -0.15) is 0 Å². The lowest BCUT2D eigenvalue weighted by atomic mass is 10.1. The highest BCUT2D eigenvalue weighted by molar-refractivity contribution is 5.54. The zero-order valence-corrected chi connectivity index (χ0v) is 8.46. The summed E-state index contributed by atoms with van der Waals surface area (Å²) in [6.45, 7) is 6.28. The van der Waals surface area contributed by atoms with E-state index in [4.69, 9.17) is 0 Å². The predicted molar refractivity (Wildman–Crippen MR) is 55.9 cm³/mol. The van der Waals surface area contributed by atoms with Gasteiger partial charge in [-0.05, 0) is 32.4 Å². The third-order valence-electron chi connectivity index (χ3n) is 2.01. The van der Waals surface area contributed by atoms with Gasteiger partial charge in [0.15, 0.2) is 0 Å². The van der Waals surface area contributed by atoms with Crippen LogP contribution in [0.4, 0.5) is 5.69 Å². The van der Waals surface area contributed by atoms with Crippen LogP contribution < -0.4 is 5.32 Å². The van der Waals surface area contributed by atoms with Crippen molar-refractivity contribution >= 4 is 5.69 Å². The molecule has 0 bridgehead atoms. The van der Waals surface area contributed by atoms with Crippen molar-refractivity contribution in [3.8, 4) is 0 Å². The maximum atomic E-state index is 9.17. The van der Waals surface area contributed by atoms with Crippen molar-refractivity contribution in [1.82, 2.24) is 0 Å². The van der Waals surface area contributed by atoms with Crippen LogP contribution in [0.15, 0.2) is 18.2 Å². The van der Waals surface area contributed by atoms with Crippen molar-refractivity contribution in [3.05, 3.63) is 29.3 Å². The largest absolute Gasteiger partial charge is 0.392 e. The Hall–Kier alpha value is -1.02. The molecule has 0 aromatic heterocycles. The summed E-state index contributed by atoms with van der Waals surface area (Å²) >= 11 is 0. The maximum absolute atomic E-state index is 9.17. The van der Waals surface area contributed by atoms with Gasteiger partial charge in [0.2, 0.25) is 0 Å². The van der Waals surface area contributed by atoms with Gasteiger partial charge in [-0.1, -0.05) is 12.1 Å². The quantitative estimate of drug-likeness (QED) is 0.746. The molecule has 1 aromatic carbocycles. The molecule has 1 aromatic rings. The van der Waals surface area contributed by atoms with Crippen molar-refractivity contribution in [2.45, 2.75) is 33.4 Å². The molecule has 0 unspecified atom stereocenters. The number of aliphatic hydroxyl groups excluding tert-OH is 1. The molecule has 2 N–H and O–H groups in total. The molecule has 0 aliphatic heterocycles. The number of hydrogen-bond acceptors (Lipinski definition) is 2. The Labute approximate surface area is 79.6 Å². The first kappa shape index (κ1) is 10.1. The molecular formula is C11H17NO. The van der Waals surface area contributed by atoms with Crippen LogP contribution in [0.25, 0.3) is 0 Å². The summed E-state index contributed by atoms with van der Waals surface area (Å²) in [6.07, 6.45) is 0. The number of nitrogens with one attached hydrogen (secondary N) is 1. The van der Waals surface area contributed by atoms with Crippen molar-refractivity contribution in [1.29, 1.82) is 0 Å². The van der Waals surface area contributed by atoms with Gasteiger partial charge in [-0.3, -0.25) is 0 Å². The van der Waals surface area contributed by atoms with E-state index in [-0.39, 0.29) is 6.61 Å². The van der Waals surface area contributed by atoms with Crippen LogP contribution in [0.1, 0.15) is 25.0 Å². The third-order valence-corrected chi connectivity index (χ3v) is 2.01. The van der Waals surface area contributed by atoms with Gasteiger partial charge in [0.25, 0.3) is 0 Å². The lowest BCUT2D eigenvalue weighted by Gasteiger charge is -2.15. The fourth-order valence-electron chi connectivity index (χ4n) is 1.36. The summed E-state index contributed by atoms with van der Waals surface area (Å²) in [5, 5.41) is 12.5. The molecule has 1 rings (SSSR count). The Kier molecular flexibility index (Phi) is 3.32. The molecular weight excluding hydrogens is 162 g/mol. The average molecular weight is 179 g/mol. The Morgan fingerprint density at radius 1 is 1.38 bits per heavy atom. The lowest BCUT2D eigenvalue weighted by Crippen LogP contribution is -2.12. The maximum Gasteiger partial charge on any atom is 0.0704 e. The van der Waals surface area contributed by atoms with E-state index < -0.39 is 0 Å². The van der Waals surface area contributed by atoms with E-state index in [1.165, 1.54) is 0 Å². The normalized spacial score (nSPS) is 10.5. The standard InChI is InChI=1S/C11H17NO/c1-8(2)12-11-6-4-5-9(3)10(11)7-13/h4-6,8,12-13H,7H2,1-3H3. The minimum atomic E-state index is 0.0989. The molecule has 0 saturated carbocycles. The summed E-state index contributed by atoms with van der Waals surface area (Å²) < 4.78 is 0. The number of benzene rings is 1. The van der Waals surface area contributed by atoms with Crippen LogP contribution in [0.5, 0.6) is 0 Å². The van der Waals surface area contributed by atoms with E-state index in [0.29, 0.717) is 6.04 Å². The number of aryl methyl sites for hydroxylation is 1. The Morgan fingerprint density at radius 2 is 2.08 bits per heavy atom. The third kappa shape index (κ3) is 2.46. The summed E-state index contributed by atoms with van der Waals surface area (Å²) in [5.74, 6) is 0. The molecule has 0 atom stereocenters. The van der Waals surface area contributed by atoms with Crippen molar-refractivity contribution in [2.75, 3.05) is 5.32 Å². The van der Waals surface area contributed by atoms with E-state index in [0.717, 1.165) is 16.8 Å². The summed E-state index contributed by atoms with van der Waals surface area (Å²) in [4.78, 5) is 0. The van der Waals surface area contributed by atoms with Crippen molar-refractivity contribution < 1.29 is 5.11 Å². The molecule has 2 nitrogen and oxygen atoms in total. The molecule has 0 fully saturated rings. The van der Waals surface area contributed by atoms with E-state index in [2.05, 4.69) is 19.2 Å². The first-order valence-corrected chi connectivity index (χ1v) is 4.61. The monoisotopic (exact) mass is 179 g/mol. The minimum Gasteiger partial charge on any atom is -0.392 e. The molecule has 0 heterocycles. The van der Waals surface area contributed by atoms with Gasteiger partial charge in [0.1, 0.15) is 0 Å². The highest BCUT2D eigenvalue weighted by Gasteiger charge is 2.04. The zero-order valence-electron chi connectivity index (χ0n) is 8.46. The van der Waals surface area contributed by atoms with Gasteiger partial charge in [-0.25, -0.2) is 0 Å². The van der Waals surface area contributed by atoms with Gasteiger partial charge < -0.3 is 10.4 Å². The Morgan fingerprint density at radius 3 is 2.62 bits per heavy atom. The molecule has 0 saturated heterocycles. The van der Waals surface area contributed by atoms with Crippen molar-refractivity contribution in [2.24, 2.45) is 0 Å². The summed E-state index contributed by atoms with van der Waals surface area (Å²) in [6, 6.07) is 6.40. The first-order chi connectivity index (χ1) is 6.15. The van der Waals surface area contributed by atoms with Crippen LogP contribution in [0.2, 0.25) is 0 Å². The molecule has 0 amide bonds. The summed E-state index contributed by atoms with van der Waals surface area (Å²) in [7, 11) is 0. The van der Waals surface area contributed by atoms with Crippen LogP contribution in [0, 0.1) is 6.92 Å². The van der Waals surface area contributed by atoms with Gasteiger partial charge in [-0.15, -0.1) is 0 Å². The van der Waals surface area contributed by atoms with Gasteiger partial charge in [0.05, 0.1) is 6.61 Å². The van der Waals surface area contributed by atoms with E-state index in [9.17, 15) is 5.11 Å². The Bertz CT molecular complexity index is 281. The average Bonchev–Trinajstić information content (AvgIpc) is 2.03. The second kappa shape index (κ2) is 4.28. The SMILES string of the molecule is Cc1cccc(NC(C)C)c1CO. The number of rotatable bonds is 3. The van der Waals surface area contributed by atoms with Crippen LogP contribution >= 0.6 is 0 Å². The molecule has 13 heavy (non-hydrogen) atoms. The highest BCUT2D eigenvalue weighted by Crippen LogP contribution is 2.19. The minimum absolute atomic E-state index is 0.0989. The molecule has 72 valence electrons. The number of aliphatic hydroxyl groups is 1. The highest BCUT2D eigenvalue weighted by atomic mass is 16.3. The number of anilines is 1. The summed E-state index contributed by atoms with van der Waals surface area (Å²) in [5.41, 5.74) is 3.17. The molecule has 0 aliphatic carbocycles. The van der Waals surface area contributed by atoms with Crippen LogP contribution in [0.3, 0.4) is 0 Å². The van der Waals surface area contributed by atoms with E-state index >= 15 is 0 Å². The second-order valence-electron chi connectivity index (χ2n) is 3.56. The fourth-order valence-corrected chi connectivity index (χ4v) is 1.36. The lowest BCUT2D eigenvalue weighted by molar-refractivity contribution is 0.281. The molecule has 2 heteroatoms. The van der Waals surface area contributed by atoms with Crippen molar-refractivity contribution in [3.63, 3.8) is 0 Å². The van der Waals surface area contributed by atoms with Gasteiger partial charge in [0, 0.05) is 17.3 Å². The van der Waals surface area contributed by atoms with E-state index in [1.807, 2.05) is 25.1 Å². The zero-order chi connectivity index (χ0) is 9.84. The first-order valence-electron chi connectivity index (χ1n) is 4.61. The fraction of sp³-hybridized carbons (Fsp3) is 0.455. The topological polar surface area (TPSA) is 32.3 Å². The molecule has 0 radical (unpaired) electrons. The van der Waals surface area contributed by atoms with E-state index in [1.54, 1.807) is 0 Å². The van der Waals surface area contributed by atoms with Gasteiger partial charge >= 0.3 is 0 Å². The second-order valence-corrected chi connectivity index (χ2v) is 3.56. The molecule has 0 spiro atoms. The molecule has 0 aliphatic rings. The Balaban J connectivity index is 2.98. The predicted octanol–water partition coefficient (Wildman–Crippen LogP) is 2.31.